The predicted molar refractivity (Wildman–Crippen MR) is 52.9 cm³/mol. The highest BCUT2D eigenvalue weighted by Crippen LogP contribution is 2.46. The van der Waals surface area contributed by atoms with E-state index in [2.05, 4.69) is 0 Å². The highest BCUT2D eigenvalue weighted by molar-refractivity contribution is 6.32. The summed E-state index contributed by atoms with van der Waals surface area (Å²) in [5.41, 5.74) is 6.94. The van der Waals surface area contributed by atoms with Crippen LogP contribution >= 0.6 is 11.6 Å². The molecule has 0 radical (unpaired) electrons. The summed E-state index contributed by atoms with van der Waals surface area (Å²) >= 11 is 6.05. The van der Waals surface area contributed by atoms with Crippen LogP contribution in [0, 0.1) is 0 Å². The van der Waals surface area contributed by atoms with Gasteiger partial charge in [-0.1, -0.05) is 11.6 Å². The van der Waals surface area contributed by atoms with Crippen molar-refractivity contribution in [3.05, 3.63) is 22.7 Å². The van der Waals surface area contributed by atoms with Crippen LogP contribution in [0.15, 0.2) is 12.1 Å². The molecule has 0 amide bonds. The summed E-state index contributed by atoms with van der Waals surface area (Å²) in [4.78, 5) is 0. The standard InChI is InChI=1S/C10H10ClNO2/c11-7-1-5(6-3-8(6)12)2-9-10(7)14-4-13-9/h1-2,6,8H,3-4,12H2/t6-,8+/m0/s1. The predicted octanol–water partition coefficient (Wildman–Crippen LogP) is 1.88. The van der Waals surface area contributed by atoms with Crippen LogP contribution in [0.4, 0.5) is 0 Å². The fourth-order valence-corrected chi connectivity index (χ4v) is 2.07. The van der Waals surface area contributed by atoms with E-state index in [0.717, 1.165) is 17.7 Å². The minimum absolute atomic E-state index is 0.259. The van der Waals surface area contributed by atoms with Gasteiger partial charge in [0.25, 0.3) is 0 Å². The van der Waals surface area contributed by atoms with E-state index in [0.29, 0.717) is 16.7 Å². The highest BCUT2D eigenvalue weighted by atomic mass is 35.5. The summed E-state index contributed by atoms with van der Waals surface area (Å²) in [5, 5.41) is 0.620. The molecule has 14 heavy (non-hydrogen) atoms. The molecule has 1 aliphatic carbocycles. The Balaban J connectivity index is 2.03. The van der Waals surface area contributed by atoms with E-state index in [4.69, 9.17) is 26.8 Å². The number of ether oxygens (including phenoxy) is 2. The topological polar surface area (TPSA) is 44.5 Å². The van der Waals surface area contributed by atoms with E-state index in [1.54, 1.807) is 0 Å². The number of hydrogen-bond donors (Lipinski definition) is 1. The quantitative estimate of drug-likeness (QED) is 0.772. The van der Waals surface area contributed by atoms with Gasteiger partial charge in [-0.15, -0.1) is 0 Å². The van der Waals surface area contributed by atoms with E-state index in [1.165, 1.54) is 0 Å². The summed E-state index contributed by atoms with van der Waals surface area (Å²) in [6.45, 7) is 0.259. The lowest BCUT2D eigenvalue weighted by Crippen LogP contribution is -2.00. The van der Waals surface area contributed by atoms with E-state index in [1.807, 2.05) is 12.1 Å². The Labute approximate surface area is 86.7 Å². The van der Waals surface area contributed by atoms with Crippen LogP contribution in [-0.4, -0.2) is 12.8 Å². The molecule has 0 bridgehead atoms. The maximum absolute atomic E-state index is 6.05. The molecule has 1 saturated carbocycles. The lowest BCUT2D eigenvalue weighted by molar-refractivity contribution is 0.174. The monoisotopic (exact) mass is 211 g/mol. The Morgan fingerprint density at radius 1 is 1.36 bits per heavy atom. The molecule has 1 heterocycles. The molecule has 0 saturated heterocycles. The van der Waals surface area contributed by atoms with Gasteiger partial charge in [0.15, 0.2) is 11.5 Å². The minimum Gasteiger partial charge on any atom is -0.454 e. The lowest BCUT2D eigenvalue weighted by Gasteiger charge is -2.03. The Hall–Kier alpha value is -0.930. The zero-order chi connectivity index (χ0) is 9.71. The Kier molecular flexibility index (Phi) is 1.66. The van der Waals surface area contributed by atoms with Crippen molar-refractivity contribution < 1.29 is 9.47 Å². The van der Waals surface area contributed by atoms with Crippen LogP contribution in [0.1, 0.15) is 17.9 Å². The van der Waals surface area contributed by atoms with Crippen LogP contribution in [0.25, 0.3) is 0 Å². The third kappa shape index (κ3) is 1.16. The van der Waals surface area contributed by atoms with Gasteiger partial charge < -0.3 is 15.2 Å². The van der Waals surface area contributed by atoms with E-state index < -0.39 is 0 Å². The second-order valence-electron chi connectivity index (χ2n) is 3.74. The van der Waals surface area contributed by atoms with Crippen molar-refractivity contribution in [3.8, 4) is 11.5 Å². The Morgan fingerprint density at radius 3 is 2.86 bits per heavy atom. The van der Waals surface area contributed by atoms with Gasteiger partial charge in [0.2, 0.25) is 6.79 Å². The van der Waals surface area contributed by atoms with Gasteiger partial charge in [0.1, 0.15) is 0 Å². The minimum atomic E-state index is 0.259. The van der Waals surface area contributed by atoms with Crippen LogP contribution in [-0.2, 0) is 0 Å². The van der Waals surface area contributed by atoms with E-state index >= 15 is 0 Å². The third-order valence-corrected chi connectivity index (χ3v) is 3.00. The molecule has 3 rings (SSSR count). The smallest absolute Gasteiger partial charge is 0.231 e. The van der Waals surface area contributed by atoms with Crippen molar-refractivity contribution in [2.24, 2.45) is 5.73 Å². The van der Waals surface area contributed by atoms with E-state index in [-0.39, 0.29) is 12.8 Å². The van der Waals surface area contributed by atoms with Crippen molar-refractivity contribution in [2.75, 3.05) is 6.79 Å². The second kappa shape index (κ2) is 2.78. The average molecular weight is 212 g/mol. The zero-order valence-corrected chi connectivity index (χ0v) is 8.25. The van der Waals surface area contributed by atoms with Gasteiger partial charge in [0, 0.05) is 12.0 Å². The maximum Gasteiger partial charge on any atom is 0.231 e. The number of fused-ring (bicyclic) bond motifs is 1. The number of nitrogens with two attached hydrogens (primary N) is 1. The van der Waals surface area contributed by atoms with Gasteiger partial charge in [-0.2, -0.15) is 0 Å². The molecule has 0 aromatic heterocycles. The first-order valence-electron chi connectivity index (χ1n) is 4.60. The highest BCUT2D eigenvalue weighted by Gasteiger charge is 2.36. The third-order valence-electron chi connectivity index (χ3n) is 2.72. The Morgan fingerprint density at radius 2 is 2.14 bits per heavy atom. The molecule has 2 N–H and O–H groups in total. The van der Waals surface area contributed by atoms with Gasteiger partial charge in [0.05, 0.1) is 5.02 Å². The normalized spacial score (nSPS) is 27.9. The first-order valence-corrected chi connectivity index (χ1v) is 4.98. The fraction of sp³-hybridized carbons (Fsp3) is 0.400. The molecule has 1 aromatic rings. The van der Waals surface area contributed by atoms with Crippen LogP contribution in [0.3, 0.4) is 0 Å². The second-order valence-corrected chi connectivity index (χ2v) is 4.15. The molecular weight excluding hydrogens is 202 g/mol. The summed E-state index contributed by atoms with van der Waals surface area (Å²) in [7, 11) is 0. The van der Waals surface area contributed by atoms with Gasteiger partial charge in [-0.3, -0.25) is 0 Å². The van der Waals surface area contributed by atoms with Gasteiger partial charge in [-0.05, 0) is 24.1 Å². The van der Waals surface area contributed by atoms with Crippen molar-refractivity contribution >= 4 is 11.6 Å². The van der Waals surface area contributed by atoms with Crippen molar-refractivity contribution in [3.63, 3.8) is 0 Å². The Bertz CT molecular complexity index is 394. The lowest BCUT2D eigenvalue weighted by atomic mass is 10.1. The number of hydrogen-bond acceptors (Lipinski definition) is 3. The van der Waals surface area contributed by atoms with Crippen molar-refractivity contribution in [1.29, 1.82) is 0 Å². The summed E-state index contributed by atoms with van der Waals surface area (Å²) < 4.78 is 10.5. The van der Waals surface area contributed by atoms with E-state index in [9.17, 15) is 0 Å². The van der Waals surface area contributed by atoms with Crippen molar-refractivity contribution in [1.82, 2.24) is 0 Å². The molecule has 1 aliphatic heterocycles. The molecule has 2 atom stereocenters. The summed E-state index contributed by atoms with van der Waals surface area (Å²) in [5.74, 6) is 1.85. The zero-order valence-electron chi connectivity index (χ0n) is 7.50. The largest absolute Gasteiger partial charge is 0.454 e. The van der Waals surface area contributed by atoms with Crippen LogP contribution in [0.2, 0.25) is 5.02 Å². The SMILES string of the molecule is N[C@@H]1C[C@H]1c1cc(Cl)c2c(c1)OCO2. The summed E-state index contributed by atoms with van der Waals surface area (Å²) in [6, 6.07) is 4.18. The fourth-order valence-electron chi connectivity index (χ4n) is 1.80. The van der Waals surface area contributed by atoms with Crippen LogP contribution < -0.4 is 15.2 Å². The molecular formula is C10H10ClNO2. The molecule has 74 valence electrons. The maximum atomic E-state index is 6.05. The number of benzene rings is 1. The molecule has 3 nitrogen and oxygen atoms in total. The molecule has 1 aromatic carbocycles. The first-order chi connectivity index (χ1) is 6.75. The molecule has 1 fully saturated rings. The van der Waals surface area contributed by atoms with Gasteiger partial charge in [-0.25, -0.2) is 0 Å². The van der Waals surface area contributed by atoms with Crippen molar-refractivity contribution in [2.45, 2.75) is 18.4 Å². The molecule has 2 aliphatic rings. The number of halogens is 1. The van der Waals surface area contributed by atoms with Crippen LogP contribution in [0.5, 0.6) is 11.5 Å². The molecule has 4 heteroatoms. The van der Waals surface area contributed by atoms with Gasteiger partial charge >= 0.3 is 0 Å². The first kappa shape index (κ1) is 8.38. The number of rotatable bonds is 1. The summed E-state index contributed by atoms with van der Waals surface area (Å²) in [6.07, 6.45) is 1.04. The molecule has 0 unspecified atom stereocenters. The molecule has 0 spiro atoms. The average Bonchev–Trinajstić information content (AvgIpc) is 2.71.